The third kappa shape index (κ3) is 5.65. The van der Waals surface area contributed by atoms with E-state index in [4.69, 9.17) is 14.1 Å². The first kappa shape index (κ1) is 23.8. The lowest BCUT2D eigenvalue weighted by molar-refractivity contribution is 0.0374. The van der Waals surface area contributed by atoms with Crippen LogP contribution in [0.15, 0.2) is 47.1 Å². The predicted molar refractivity (Wildman–Crippen MR) is 132 cm³/mol. The minimum absolute atomic E-state index is 0.217. The molecule has 2 aliphatic rings. The second-order valence-electron chi connectivity index (χ2n) is 9.38. The van der Waals surface area contributed by atoms with E-state index >= 15 is 0 Å². The minimum Gasteiger partial charge on any atom is -0.449 e. The fourth-order valence-corrected chi connectivity index (χ4v) is 5.06. The minimum atomic E-state index is -0.285. The van der Waals surface area contributed by atoms with Gasteiger partial charge in [-0.2, -0.15) is 0 Å². The van der Waals surface area contributed by atoms with Crippen molar-refractivity contribution in [1.82, 2.24) is 19.8 Å². The molecule has 1 aliphatic carbocycles. The van der Waals surface area contributed by atoms with Crippen LogP contribution >= 0.6 is 0 Å². The van der Waals surface area contributed by atoms with E-state index in [0.717, 1.165) is 69.1 Å². The van der Waals surface area contributed by atoms with Gasteiger partial charge in [-0.15, -0.1) is 0 Å². The van der Waals surface area contributed by atoms with Crippen LogP contribution < -0.4 is 5.32 Å². The number of imidazole rings is 1. The van der Waals surface area contributed by atoms with E-state index in [1.54, 1.807) is 18.2 Å². The van der Waals surface area contributed by atoms with Gasteiger partial charge in [0.2, 0.25) is 0 Å². The van der Waals surface area contributed by atoms with Crippen molar-refractivity contribution in [2.45, 2.75) is 44.6 Å². The van der Waals surface area contributed by atoms with Gasteiger partial charge in [0.1, 0.15) is 11.5 Å². The molecule has 1 aromatic carbocycles. The van der Waals surface area contributed by atoms with E-state index in [1.807, 2.05) is 12.4 Å². The van der Waals surface area contributed by atoms with Crippen LogP contribution in [0.25, 0.3) is 22.7 Å². The Morgan fingerprint density at radius 2 is 1.83 bits per heavy atom. The van der Waals surface area contributed by atoms with E-state index < -0.39 is 0 Å². The maximum absolute atomic E-state index is 13.6. The molecular formula is C27H33FN4O3. The number of aromatic nitrogens is 2. The summed E-state index contributed by atoms with van der Waals surface area (Å²) in [6.07, 6.45) is 8.53. The van der Waals surface area contributed by atoms with Gasteiger partial charge >= 0.3 is 0 Å². The number of benzene rings is 1. The number of nitrogens with one attached hydrogen (secondary N) is 1. The van der Waals surface area contributed by atoms with Crippen molar-refractivity contribution in [3.8, 4) is 22.7 Å². The predicted octanol–water partition coefficient (Wildman–Crippen LogP) is 4.91. The maximum atomic E-state index is 13.6. The highest BCUT2D eigenvalue weighted by Gasteiger charge is 2.25. The zero-order valence-electron chi connectivity index (χ0n) is 20.0. The molecular weight excluding hydrogens is 447 g/mol. The van der Waals surface area contributed by atoms with Crippen LogP contribution in [0.2, 0.25) is 0 Å². The summed E-state index contributed by atoms with van der Waals surface area (Å²) in [5.74, 6) is 0.386. The van der Waals surface area contributed by atoms with E-state index in [2.05, 4.69) is 14.8 Å². The van der Waals surface area contributed by atoms with Crippen molar-refractivity contribution >= 4 is 5.91 Å². The van der Waals surface area contributed by atoms with Crippen LogP contribution in [0.1, 0.15) is 55.1 Å². The number of furan rings is 1. The molecule has 2 fully saturated rings. The summed E-state index contributed by atoms with van der Waals surface area (Å²) in [5, 5.41) is 2.97. The largest absolute Gasteiger partial charge is 0.449 e. The number of morpholine rings is 1. The number of nitrogens with zero attached hydrogens (tertiary/aromatic N) is 3. The molecule has 2 aromatic heterocycles. The summed E-state index contributed by atoms with van der Waals surface area (Å²) in [7, 11) is 0. The standard InChI is InChI=1S/C27H33FN4O3/c28-21-9-7-20(8-10-21)25-26(32(19-30-25)22-5-2-1-3-6-22)23-11-12-24(35-23)27(33)29-13-4-14-31-15-17-34-18-16-31/h7-12,19,22H,1-6,13-18H2,(H,29,33). The zero-order chi connectivity index (χ0) is 24.0. The molecule has 1 amide bonds. The molecule has 1 saturated carbocycles. The van der Waals surface area contributed by atoms with E-state index in [-0.39, 0.29) is 17.5 Å². The molecule has 1 aliphatic heterocycles. The molecule has 3 heterocycles. The van der Waals surface area contributed by atoms with Gasteiger partial charge in [-0.05, 0) is 62.2 Å². The van der Waals surface area contributed by atoms with Crippen molar-refractivity contribution < 1.29 is 18.3 Å². The summed E-state index contributed by atoms with van der Waals surface area (Å²) in [4.78, 5) is 19.8. The lowest BCUT2D eigenvalue weighted by Crippen LogP contribution is -2.38. The Hall–Kier alpha value is -2.97. The van der Waals surface area contributed by atoms with Crippen molar-refractivity contribution in [1.29, 1.82) is 0 Å². The van der Waals surface area contributed by atoms with Crippen molar-refractivity contribution in [3.63, 3.8) is 0 Å². The molecule has 3 aromatic rings. The highest BCUT2D eigenvalue weighted by atomic mass is 19.1. The van der Waals surface area contributed by atoms with Crippen LogP contribution in [0.3, 0.4) is 0 Å². The molecule has 8 heteroatoms. The van der Waals surface area contributed by atoms with Gasteiger partial charge in [-0.3, -0.25) is 9.69 Å². The summed E-state index contributed by atoms with van der Waals surface area (Å²) in [6.45, 7) is 4.97. The Kier molecular flexibility index (Phi) is 7.59. The van der Waals surface area contributed by atoms with Gasteiger partial charge in [-0.1, -0.05) is 19.3 Å². The first-order valence-electron chi connectivity index (χ1n) is 12.7. The van der Waals surface area contributed by atoms with Crippen LogP contribution in [0, 0.1) is 5.82 Å². The van der Waals surface area contributed by atoms with Crippen LogP contribution in [0.5, 0.6) is 0 Å². The van der Waals surface area contributed by atoms with Gasteiger partial charge in [-0.25, -0.2) is 9.37 Å². The third-order valence-electron chi connectivity index (χ3n) is 6.98. The number of hydrogen-bond donors (Lipinski definition) is 1. The number of halogens is 1. The first-order valence-corrected chi connectivity index (χ1v) is 12.7. The maximum Gasteiger partial charge on any atom is 0.287 e. The molecule has 0 bridgehead atoms. The number of carbonyl (C=O) groups is 1. The van der Waals surface area contributed by atoms with Crippen molar-refractivity contribution in [2.75, 3.05) is 39.4 Å². The molecule has 0 spiro atoms. The van der Waals surface area contributed by atoms with Gasteiger partial charge in [0, 0.05) is 31.2 Å². The SMILES string of the molecule is O=C(NCCCN1CCOCC1)c1ccc(-c2c(-c3ccc(F)cc3)ncn2C2CCCCC2)o1. The Morgan fingerprint density at radius 1 is 1.06 bits per heavy atom. The average molecular weight is 481 g/mol. The fraction of sp³-hybridized carbons (Fsp3) is 0.481. The average Bonchev–Trinajstić information content (AvgIpc) is 3.56. The topological polar surface area (TPSA) is 72.5 Å². The number of hydrogen-bond acceptors (Lipinski definition) is 5. The van der Waals surface area contributed by atoms with E-state index in [1.165, 1.54) is 31.4 Å². The van der Waals surface area contributed by atoms with Crippen LogP contribution in [-0.2, 0) is 4.74 Å². The normalized spacial score (nSPS) is 17.5. The molecule has 5 rings (SSSR count). The Labute approximate surface area is 205 Å². The summed E-state index contributed by atoms with van der Waals surface area (Å²) < 4.78 is 27.2. The number of rotatable bonds is 8. The fourth-order valence-electron chi connectivity index (χ4n) is 5.06. The first-order chi connectivity index (χ1) is 17.2. The second kappa shape index (κ2) is 11.2. The summed E-state index contributed by atoms with van der Waals surface area (Å²) in [6, 6.07) is 10.2. The molecule has 0 atom stereocenters. The smallest absolute Gasteiger partial charge is 0.287 e. The number of amides is 1. The summed E-state index contributed by atoms with van der Waals surface area (Å²) in [5.41, 5.74) is 2.40. The molecule has 1 saturated heterocycles. The summed E-state index contributed by atoms with van der Waals surface area (Å²) >= 11 is 0. The molecule has 7 nitrogen and oxygen atoms in total. The van der Waals surface area contributed by atoms with E-state index in [0.29, 0.717) is 18.3 Å². The highest BCUT2D eigenvalue weighted by Crippen LogP contribution is 2.38. The molecule has 186 valence electrons. The zero-order valence-corrected chi connectivity index (χ0v) is 20.0. The molecule has 35 heavy (non-hydrogen) atoms. The van der Waals surface area contributed by atoms with Crippen molar-refractivity contribution in [2.24, 2.45) is 0 Å². The molecule has 1 N–H and O–H groups in total. The molecule has 0 unspecified atom stereocenters. The second-order valence-corrected chi connectivity index (χ2v) is 9.38. The molecule has 0 radical (unpaired) electrons. The van der Waals surface area contributed by atoms with Crippen LogP contribution in [0.4, 0.5) is 4.39 Å². The van der Waals surface area contributed by atoms with Crippen LogP contribution in [-0.4, -0.2) is 59.8 Å². The third-order valence-corrected chi connectivity index (χ3v) is 6.98. The van der Waals surface area contributed by atoms with Gasteiger partial charge < -0.3 is 19.0 Å². The monoisotopic (exact) mass is 480 g/mol. The quantitative estimate of drug-likeness (QED) is 0.464. The lowest BCUT2D eigenvalue weighted by atomic mass is 9.95. The number of carbonyl (C=O) groups excluding carboxylic acids is 1. The Bertz CT molecular complexity index is 1110. The van der Waals surface area contributed by atoms with Gasteiger partial charge in [0.05, 0.1) is 25.2 Å². The Balaban J connectivity index is 1.32. The number of ether oxygens (including phenoxy) is 1. The van der Waals surface area contributed by atoms with Gasteiger partial charge in [0.15, 0.2) is 11.5 Å². The van der Waals surface area contributed by atoms with Gasteiger partial charge in [0.25, 0.3) is 5.91 Å². The van der Waals surface area contributed by atoms with E-state index in [9.17, 15) is 9.18 Å². The lowest BCUT2D eigenvalue weighted by Gasteiger charge is -2.26. The van der Waals surface area contributed by atoms with Crippen molar-refractivity contribution in [3.05, 3.63) is 54.3 Å². The Morgan fingerprint density at radius 3 is 2.60 bits per heavy atom. The highest BCUT2D eigenvalue weighted by molar-refractivity contribution is 5.92.